The van der Waals surface area contributed by atoms with E-state index in [0.29, 0.717) is 25.3 Å². The Balaban J connectivity index is 2.24. The Morgan fingerprint density at radius 1 is 1.32 bits per heavy atom. The van der Waals surface area contributed by atoms with Gasteiger partial charge in [0.05, 0.1) is 0 Å². The summed E-state index contributed by atoms with van der Waals surface area (Å²) >= 11 is 0. The summed E-state index contributed by atoms with van der Waals surface area (Å²) in [5.41, 5.74) is 8.29. The van der Waals surface area contributed by atoms with Crippen LogP contribution in [0.2, 0.25) is 0 Å². The van der Waals surface area contributed by atoms with Crippen molar-refractivity contribution in [3.63, 3.8) is 0 Å². The van der Waals surface area contributed by atoms with Crippen LogP contribution in [-0.4, -0.2) is 44.0 Å². The van der Waals surface area contributed by atoms with Gasteiger partial charge < -0.3 is 10.6 Å². The maximum absolute atomic E-state index is 12.5. The lowest BCUT2D eigenvalue weighted by molar-refractivity contribution is -0.116. The zero-order valence-electron chi connectivity index (χ0n) is 13.1. The first-order valence-electron chi connectivity index (χ1n) is 7.56. The Morgan fingerprint density at radius 2 is 2.00 bits per heavy atom. The van der Waals surface area contributed by atoms with E-state index in [2.05, 4.69) is 0 Å². The molecule has 0 radical (unpaired) electrons. The lowest BCUT2D eigenvalue weighted by Crippen LogP contribution is -2.43. The van der Waals surface area contributed by atoms with E-state index >= 15 is 0 Å². The first-order valence-corrected chi connectivity index (χ1v) is 9.17. The Hall–Kier alpha value is -1.60. The number of nitrogens with two attached hydrogens (primary N) is 1. The van der Waals surface area contributed by atoms with Crippen molar-refractivity contribution < 1.29 is 13.2 Å². The van der Waals surface area contributed by atoms with E-state index in [1.54, 1.807) is 30.9 Å². The molecule has 0 aromatic heterocycles. The van der Waals surface area contributed by atoms with Crippen LogP contribution in [0.4, 0.5) is 11.4 Å². The van der Waals surface area contributed by atoms with Crippen molar-refractivity contribution in [2.24, 2.45) is 0 Å². The molecule has 22 heavy (non-hydrogen) atoms. The summed E-state index contributed by atoms with van der Waals surface area (Å²) in [6, 6.07) is 5.42. The van der Waals surface area contributed by atoms with Gasteiger partial charge in [-0.2, -0.15) is 0 Å². The molecule has 2 N–H and O–H groups in total. The van der Waals surface area contributed by atoms with Crippen LogP contribution in [0.15, 0.2) is 18.2 Å². The van der Waals surface area contributed by atoms with Crippen molar-refractivity contribution in [3.8, 4) is 0 Å². The molecule has 0 aliphatic carbocycles. The standard InChI is InChI=1S/C15H23N3O3S/c1-3-17(4-2)22(20,21)11-15(19)18-10-6-7-12-13(16)8-5-9-14(12)18/h5,8-9H,3-4,6-7,10-11,16H2,1-2H3. The lowest BCUT2D eigenvalue weighted by Gasteiger charge is -2.31. The smallest absolute Gasteiger partial charge is 0.243 e. The second-order valence-corrected chi connectivity index (χ2v) is 7.30. The highest BCUT2D eigenvalue weighted by molar-refractivity contribution is 7.89. The van der Waals surface area contributed by atoms with E-state index < -0.39 is 21.7 Å². The van der Waals surface area contributed by atoms with Gasteiger partial charge >= 0.3 is 0 Å². The molecule has 0 spiro atoms. The Bertz CT molecular complexity index is 654. The van der Waals surface area contributed by atoms with Gasteiger partial charge in [-0.3, -0.25) is 4.79 Å². The molecule has 0 fully saturated rings. The quantitative estimate of drug-likeness (QED) is 0.825. The Morgan fingerprint density at radius 3 is 2.64 bits per heavy atom. The normalized spacial score (nSPS) is 15.0. The molecular weight excluding hydrogens is 302 g/mol. The summed E-state index contributed by atoms with van der Waals surface area (Å²) in [6.07, 6.45) is 1.60. The summed E-state index contributed by atoms with van der Waals surface area (Å²) in [4.78, 5) is 14.1. The Kier molecular flexibility index (Phi) is 5.08. The minimum absolute atomic E-state index is 0.371. The molecule has 1 aromatic rings. The molecule has 1 amide bonds. The van der Waals surface area contributed by atoms with Gasteiger partial charge in [-0.1, -0.05) is 19.9 Å². The van der Waals surface area contributed by atoms with Crippen molar-refractivity contribution in [1.82, 2.24) is 4.31 Å². The summed E-state index contributed by atoms with van der Waals surface area (Å²) in [6.45, 7) is 4.80. The van der Waals surface area contributed by atoms with E-state index in [9.17, 15) is 13.2 Å². The van der Waals surface area contributed by atoms with Crippen molar-refractivity contribution in [1.29, 1.82) is 0 Å². The Labute approximate surface area is 131 Å². The number of amides is 1. The first-order chi connectivity index (χ1) is 10.4. The highest BCUT2D eigenvalue weighted by Gasteiger charge is 2.29. The van der Waals surface area contributed by atoms with E-state index in [1.165, 1.54) is 4.31 Å². The maximum Gasteiger partial charge on any atom is 0.243 e. The third-order valence-electron chi connectivity index (χ3n) is 3.99. The molecule has 0 bridgehead atoms. The van der Waals surface area contributed by atoms with Crippen LogP contribution in [0, 0.1) is 0 Å². The number of hydrogen-bond donors (Lipinski definition) is 1. The fourth-order valence-corrected chi connectivity index (χ4v) is 4.29. The van der Waals surface area contributed by atoms with E-state index in [1.807, 2.05) is 6.07 Å². The summed E-state index contributed by atoms with van der Waals surface area (Å²) < 4.78 is 25.9. The number of hydrogen-bond acceptors (Lipinski definition) is 4. The lowest BCUT2D eigenvalue weighted by atomic mass is 10.00. The number of nitrogen functional groups attached to an aromatic ring is 1. The topological polar surface area (TPSA) is 83.7 Å². The second kappa shape index (κ2) is 6.66. The van der Waals surface area contributed by atoms with E-state index in [-0.39, 0.29) is 0 Å². The fourth-order valence-electron chi connectivity index (χ4n) is 2.85. The summed E-state index contributed by atoms with van der Waals surface area (Å²) in [5, 5.41) is 0. The predicted molar refractivity (Wildman–Crippen MR) is 88.2 cm³/mol. The maximum atomic E-state index is 12.5. The number of carbonyl (C=O) groups is 1. The molecule has 0 unspecified atom stereocenters. The van der Waals surface area contributed by atoms with Gasteiger partial charge in [0.2, 0.25) is 15.9 Å². The van der Waals surface area contributed by atoms with Crippen LogP contribution in [0.1, 0.15) is 25.8 Å². The molecule has 0 saturated carbocycles. The third kappa shape index (κ3) is 3.25. The number of carbonyl (C=O) groups excluding carboxylic acids is 1. The molecule has 1 heterocycles. The third-order valence-corrected chi connectivity index (χ3v) is 5.91. The highest BCUT2D eigenvalue weighted by Crippen LogP contribution is 2.31. The fraction of sp³-hybridized carbons (Fsp3) is 0.533. The summed E-state index contributed by atoms with van der Waals surface area (Å²) in [7, 11) is -3.57. The van der Waals surface area contributed by atoms with Crippen LogP contribution < -0.4 is 10.6 Å². The second-order valence-electron chi connectivity index (χ2n) is 5.33. The van der Waals surface area contributed by atoms with Gasteiger partial charge in [0.25, 0.3) is 0 Å². The largest absolute Gasteiger partial charge is 0.398 e. The molecule has 1 aromatic carbocycles. The van der Waals surface area contributed by atoms with Crippen LogP contribution >= 0.6 is 0 Å². The molecule has 1 aliphatic rings. The summed E-state index contributed by atoms with van der Waals surface area (Å²) in [5.74, 6) is -0.887. The van der Waals surface area contributed by atoms with E-state index in [0.717, 1.165) is 24.1 Å². The van der Waals surface area contributed by atoms with Gasteiger partial charge in [-0.15, -0.1) is 0 Å². The van der Waals surface area contributed by atoms with Crippen LogP contribution in [-0.2, 0) is 21.2 Å². The molecule has 6 nitrogen and oxygen atoms in total. The van der Waals surface area contributed by atoms with Gasteiger partial charge in [0, 0.05) is 31.0 Å². The SMILES string of the molecule is CCN(CC)S(=O)(=O)CC(=O)N1CCCc2c(N)cccc21. The number of fused-ring (bicyclic) bond motifs is 1. The van der Waals surface area contributed by atoms with Crippen LogP contribution in [0.5, 0.6) is 0 Å². The molecule has 7 heteroatoms. The van der Waals surface area contributed by atoms with Gasteiger partial charge in [0.1, 0.15) is 5.75 Å². The number of sulfonamides is 1. The zero-order valence-corrected chi connectivity index (χ0v) is 13.9. The van der Waals surface area contributed by atoms with E-state index in [4.69, 9.17) is 5.73 Å². The number of nitrogens with zero attached hydrogens (tertiary/aromatic N) is 2. The van der Waals surface area contributed by atoms with Crippen molar-refractivity contribution in [3.05, 3.63) is 23.8 Å². The molecule has 0 saturated heterocycles. The number of benzene rings is 1. The number of rotatable bonds is 5. The number of anilines is 2. The van der Waals surface area contributed by atoms with Crippen molar-refractivity contribution in [2.75, 3.05) is 36.0 Å². The minimum atomic E-state index is -3.57. The van der Waals surface area contributed by atoms with Crippen molar-refractivity contribution in [2.45, 2.75) is 26.7 Å². The average molecular weight is 325 g/mol. The molecule has 0 atom stereocenters. The zero-order chi connectivity index (χ0) is 16.3. The molecular formula is C15H23N3O3S. The van der Waals surface area contributed by atoms with Crippen molar-refractivity contribution >= 4 is 27.3 Å². The minimum Gasteiger partial charge on any atom is -0.398 e. The monoisotopic (exact) mass is 325 g/mol. The average Bonchev–Trinajstić information content (AvgIpc) is 2.47. The molecule has 1 aliphatic heterocycles. The highest BCUT2D eigenvalue weighted by atomic mass is 32.2. The van der Waals surface area contributed by atoms with Gasteiger partial charge in [0.15, 0.2) is 0 Å². The van der Waals surface area contributed by atoms with Gasteiger partial charge in [-0.05, 0) is 30.5 Å². The predicted octanol–water partition coefficient (Wildman–Crippen LogP) is 1.22. The van der Waals surface area contributed by atoms with Crippen LogP contribution in [0.25, 0.3) is 0 Å². The van der Waals surface area contributed by atoms with Gasteiger partial charge in [-0.25, -0.2) is 12.7 Å². The molecule has 122 valence electrons. The van der Waals surface area contributed by atoms with Crippen LogP contribution in [0.3, 0.4) is 0 Å². The first kappa shape index (κ1) is 16.8. The molecule has 2 rings (SSSR count).